The van der Waals surface area contributed by atoms with Crippen LogP contribution in [0.5, 0.6) is 0 Å². The maximum atomic E-state index is 12.7. The molecule has 0 saturated heterocycles. The second-order valence-corrected chi connectivity index (χ2v) is 6.24. The number of nitrogens with two attached hydrogens (primary N) is 1. The number of aromatic nitrogens is 2. The van der Waals surface area contributed by atoms with Gasteiger partial charge >= 0.3 is 12.2 Å². The lowest BCUT2D eigenvalue weighted by Crippen LogP contribution is -2.04. The van der Waals surface area contributed by atoms with Crippen LogP contribution in [0.1, 0.15) is 5.56 Å². The number of alkyl halides is 3. The topological polar surface area (TPSA) is 89.0 Å². The van der Waals surface area contributed by atoms with Gasteiger partial charge in [-0.1, -0.05) is 5.10 Å². The maximum absolute atomic E-state index is 12.7. The molecule has 136 valence electrons. The number of nitrogens with one attached hydrogen (secondary N) is 2. The summed E-state index contributed by atoms with van der Waals surface area (Å²) in [5.74, 6) is 0.204. The highest BCUT2D eigenvalue weighted by molar-refractivity contribution is 7.97. The van der Waals surface area contributed by atoms with E-state index in [1.54, 1.807) is 19.2 Å². The summed E-state index contributed by atoms with van der Waals surface area (Å²) in [6, 6.07) is 10.1. The smallest absolute Gasteiger partial charge is 0.403 e. The van der Waals surface area contributed by atoms with Gasteiger partial charge in [0.15, 0.2) is 0 Å². The zero-order chi connectivity index (χ0) is 18.7. The molecule has 2 aromatic carbocycles. The monoisotopic (exact) mass is 381 g/mol. The van der Waals surface area contributed by atoms with E-state index in [1.165, 1.54) is 24.1 Å². The molecule has 0 aliphatic carbocycles. The van der Waals surface area contributed by atoms with Gasteiger partial charge in [0.1, 0.15) is 0 Å². The first-order chi connectivity index (χ1) is 12.4. The van der Waals surface area contributed by atoms with Crippen molar-refractivity contribution in [2.24, 2.45) is 0 Å². The number of anilines is 3. The van der Waals surface area contributed by atoms with Crippen LogP contribution in [0.2, 0.25) is 0 Å². The molecule has 10 heteroatoms. The molecule has 0 aliphatic rings. The fourth-order valence-electron chi connectivity index (χ4n) is 2.23. The molecule has 0 saturated carbocycles. The summed E-state index contributed by atoms with van der Waals surface area (Å²) < 4.78 is 46.3. The Morgan fingerprint density at radius 3 is 2.38 bits per heavy atom. The molecule has 0 spiro atoms. The van der Waals surface area contributed by atoms with Gasteiger partial charge in [-0.2, -0.15) is 13.2 Å². The molecule has 4 N–H and O–H groups in total. The number of hydrogen-bond donors (Lipinski definition) is 3. The van der Waals surface area contributed by atoms with Crippen LogP contribution in [0.4, 0.5) is 30.6 Å². The first-order valence-corrected chi connectivity index (χ1v) is 8.20. The van der Waals surface area contributed by atoms with E-state index in [9.17, 15) is 13.2 Å². The predicted octanol–water partition coefficient (Wildman–Crippen LogP) is 4.31. The quantitative estimate of drug-likeness (QED) is 0.568. The Labute approximate surface area is 151 Å². The molecule has 0 fully saturated rings. The van der Waals surface area contributed by atoms with Gasteiger partial charge in [0, 0.05) is 10.6 Å². The molecular formula is C16H14F3N5OS. The Balaban J connectivity index is 1.94. The molecule has 0 bridgehead atoms. The average Bonchev–Trinajstić information content (AvgIpc) is 3.02. The minimum absolute atomic E-state index is 0.0767. The molecule has 1 heterocycles. The van der Waals surface area contributed by atoms with Crippen LogP contribution >= 0.6 is 11.9 Å². The lowest BCUT2D eigenvalue weighted by atomic mass is 10.1. The van der Waals surface area contributed by atoms with Gasteiger partial charge < -0.3 is 15.5 Å². The third-order valence-electron chi connectivity index (χ3n) is 3.37. The maximum Gasteiger partial charge on any atom is 0.416 e. The van der Waals surface area contributed by atoms with Gasteiger partial charge in [0.05, 0.1) is 16.8 Å². The van der Waals surface area contributed by atoms with E-state index in [4.69, 9.17) is 10.2 Å². The Kier molecular flexibility index (Phi) is 5.05. The second kappa shape index (κ2) is 7.26. The normalized spacial score (nSPS) is 11.5. The number of nitrogens with zero attached hydrogens (tertiary/aromatic N) is 2. The van der Waals surface area contributed by atoms with Crippen molar-refractivity contribution >= 4 is 29.3 Å². The Morgan fingerprint density at radius 2 is 1.81 bits per heavy atom. The third-order valence-corrected chi connectivity index (χ3v) is 4.07. The highest BCUT2D eigenvalue weighted by Gasteiger charge is 2.30. The van der Waals surface area contributed by atoms with E-state index in [0.717, 1.165) is 17.0 Å². The molecule has 6 nitrogen and oxygen atoms in total. The lowest BCUT2D eigenvalue weighted by Gasteiger charge is -2.13. The van der Waals surface area contributed by atoms with Gasteiger partial charge in [0.2, 0.25) is 0 Å². The Morgan fingerprint density at radius 1 is 1.08 bits per heavy atom. The first-order valence-electron chi connectivity index (χ1n) is 7.38. The summed E-state index contributed by atoms with van der Waals surface area (Å²) >= 11 is 1.39. The molecule has 0 amide bonds. The van der Waals surface area contributed by atoms with Crippen LogP contribution < -0.4 is 15.8 Å². The summed E-state index contributed by atoms with van der Waals surface area (Å²) in [5.41, 5.74) is 6.43. The fourth-order valence-corrected chi connectivity index (χ4v) is 2.78. The van der Waals surface area contributed by atoms with E-state index < -0.39 is 11.7 Å². The second-order valence-electron chi connectivity index (χ2n) is 5.16. The number of benzene rings is 2. The summed E-state index contributed by atoms with van der Waals surface area (Å²) in [6.07, 6.45) is -4.38. The van der Waals surface area contributed by atoms with Crippen LogP contribution in [-0.2, 0) is 6.18 Å². The highest BCUT2D eigenvalue weighted by atomic mass is 32.2. The summed E-state index contributed by atoms with van der Waals surface area (Å²) in [6.45, 7) is 0. The molecule has 26 heavy (non-hydrogen) atoms. The van der Waals surface area contributed by atoms with Crippen molar-refractivity contribution in [3.63, 3.8) is 0 Å². The average molecular weight is 381 g/mol. The van der Waals surface area contributed by atoms with E-state index in [-0.39, 0.29) is 11.9 Å². The lowest BCUT2D eigenvalue weighted by molar-refractivity contribution is -0.137. The Hall–Kier alpha value is -2.72. The van der Waals surface area contributed by atoms with Crippen molar-refractivity contribution in [3.8, 4) is 11.5 Å². The van der Waals surface area contributed by atoms with Crippen molar-refractivity contribution in [1.29, 1.82) is 0 Å². The number of rotatable bonds is 5. The molecule has 0 radical (unpaired) electrons. The minimum Gasteiger partial charge on any atom is -0.403 e. The molecule has 0 unspecified atom stereocenters. The van der Waals surface area contributed by atoms with Crippen LogP contribution in [0.3, 0.4) is 0 Å². The number of halogens is 3. The van der Waals surface area contributed by atoms with Crippen LogP contribution in [0, 0.1) is 0 Å². The number of nitrogen functional groups attached to an aromatic ring is 1. The summed E-state index contributed by atoms with van der Waals surface area (Å²) in [7, 11) is 1.78. The van der Waals surface area contributed by atoms with Gasteiger partial charge in [-0.25, -0.2) is 0 Å². The third kappa shape index (κ3) is 4.09. The predicted molar refractivity (Wildman–Crippen MR) is 93.8 cm³/mol. The minimum atomic E-state index is -4.38. The zero-order valence-electron chi connectivity index (χ0n) is 13.5. The van der Waals surface area contributed by atoms with Gasteiger partial charge in [-0.3, -0.25) is 4.72 Å². The largest absolute Gasteiger partial charge is 0.416 e. The van der Waals surface area contributed by atoms with Crippen LogP contribution in [-0.4, -0.2) is 17.2 Å². The zero-order valence-corrected chi connectivity index (χ0v) is 14.3. The molecule has 3 aromatic rings. The summed E-state index contributed by atoms with van der Waals surface area (Å²) in [5, 5.41) is 10.6. The van der Waals surface area contributed by atoms with Crippen molar-refractivity contribution in [1.82, 2.24) is 14.9 Å². The molecule has 0 aliphatic heterocycles. The highest BCUT2D eigenvalue weighted by Crippen LogP contribution is 2.34. The van der Waals surface area contributed by atoms with Crippen molar-refractivity contribution < 1.29 is 17.6 Å². The van der Waals surface area contributed by atoms with E-state index in [2.05, 4.69) is 20.2 Å². The standard InChI is InChI=1S/C16H14F3N5OS/c1-21-26-11-6-7-13(12(8-11)14-23-24-15(20)25-14)22-10-4-2-9(3-5-10)16(17,18)19/h2-8,21-22H,1H3,(H2,20,24). The van der Waals surface area contributed by atoms with Crippen molar-refractivity contribution in [2.45, 2.75) is 11.1 Å². The van der Waals surface area contributed by atoms with Gasteiger partial charge in [0.25, 0.3) is 5.89 Å². The molecular weight excluding hydrogens is 367 g/mol. The van der Waals surface area contributed by atoms with Crippen molar-refractivity contribution in [3.05, 3.63) is 48.0 Å². The van der Waals surface area contributed by atoms with Crippen LogP contribution in [0.25, 0.3) is 11.5 Å². The van der Waals surface area contributed by atoms with E-state index in [0.29, 0.717) is 16.9 Å². The molecule has 1 aromatic heterocycles. The first kappa shape index (κ1) is 18.1. The van der Waals surface area contributed by atoms with Gasteiger partial charge in [-0.15, -0.1) is 5.10 Å². The van der Waals surface area contributed by atoms with Crippen molar-refractivity contribution in [2.75, 3.05) is 18.1 Å². The molecule has 0 atom stereocenters. The van der Waals surface area contributed by atoms with Crippen LogP contribution in [0.15, 0.2) is 51.8 Å². The Bertz CT molecular complexity index is 896. The SMILES string of the molecule is CNSc1ccc(Nc2ccc(C(F)(F)F)cc2)c(-c2nnc(N)o2)c1. The summed E-state index contributed by atoms with van der Waals surface area (Å²) in [4.78, 5) is 0.886. The van der Waals surface area contributed by atoms with Gasteiger partial charge in [-0.05, 0) is 61.5 Å². The van der Waals surface area contributed by atoms with E-state index in [1.807, 2.05) is 6.07 Å². The fraction of sp³-hybridized carbons (Fsp3) is 0.125. The molecule has 3 rings (SSSR count). The van der Waals surface area contributed by atoms with E-state index >= 15 is 0 Å². The number of hydrogen-bond acceptors (Lipinski definition) is 7.